The average molecular weight is 537 g/mol. The first-order valence-electron chi connectivity index (χ1n) is 13.2. The number of ketones is 2. The normalized spacial score (nSPS) is 19.8. The van der Waals surface area contributed by atoms with Crippen LogP contribution in [0, 0.1) is 5.92 Å². The number of H-pyrrole nitrogens is 1. The molecule has 11 heteroatoms. The zero-order valence-electron chi connectivity index (χ0n) is 23.1. The third kappa shape index (κ3) is 4.39. The number of aromatic nitrogens is 5. The van der Waals surface area contributed by atoms with Gasteiger partial charge in [-0.2, -0.15) is 5.21 Å². The molecule has 1 spiro atoms. The van der Waals surface area contributed by atoms with Gasteiger partial charge in [-0.15, -0.1) is 10.2 Å². The molecule has 4 heterocycles. The summed E-state index contributed by atoms with van der Waals surface area (Å²) in [5.74, 6) is 0.0718. The Morgan fingerprint density at radius 1 is 1.21 bits per heavy atom. The smallest absolute Gasteiger partial charge is 1.00 e. The topological polar surface area (TPSA) is 124 Å². The Hall–Kier alpha value is -3.05. The van der Waals surface area contributed by atoms with Gasteiger partial charge < -0.3 is 20.8 Å². The maximum atomic E-state index is 14.4. The van der Waals surface area contributed by atoms with Crippen LogP contribution in [-0.4, -0.2) is 62.1 Å². The summed E-state index contributed by atoms with van der Waals surface area (Å²) in [6.07, 6.45) is 5.42. The number of ether oxygens (including phenoxy) is 2. The quantitative estimate of drug-likeness (QED) is 0.211. The zero-order chi connectivity index (χ0) is 25.9. The molecule has 2 aliphatic heterocycles. The van der Waals surface area contributed by atoms with Crippen molar-refractivity contribution >= 4 is 22.5 Å². The molecule has 1 saturated heterocycles. The van der Waals surface area contributed by atoms with Crippen molar-refractivity contribution in [3.8, 4) is 22.9 Å². The first kappa shape index (κ1) is 26.2. The van der Waals surface area contributed by atoms with E-state index in [0.717, 1.165) is 23.7 Å². The van der Waals surface area contributed by atoms with Crippen molar-refractivity contribution in [2.45, 2.75) is 44.2 Å². The summed E-state index contributed by atoms with van der Waals surface area (Å²) in [6.45, 7) is 3.75. The third-order valence-corrected chi connectivity index (χ3v) is 7.99. The van der Waals surface area contributed by atoms with Crippen LogP contribution >= 0.6 is 0 Å². The minimum atomic E-state index is -0.978. The molecule has 3 aliphatic rings. The standard InChI is InChI=1S/C28H28N6O4.Na.H/c1-2-37-23-15-17(14-21-19(23)7-12-34(21)18-4-5-18)25(35)24-26(36)20-13-16(27-30-32-33-31-27)3-6-22(20)38-28(24)8-10-29-11-9-28;;/h3,6-7,12-15,18,24,29H,2,4-5,8-11H2,1H3,(H,30,31,32,33);;/q;+1;-1/t24-;;/m1../s1. The summed E-state index contributed by atoms with van der Waals surface area (Å²) in [6, 6.07) is 11.5. The van der Waals surface area contributed by atoms with Crippen molar-refractivity contribution in [2.75, 3.05) is 19.7 Å². The number of Topliss-reactive ketones (excluding diaryl/α,β-unsaturated/α-hetero) is 2. The van der Waals surface area contributed by atoms with E-state index < -0.39 is 11.5 Å². The van der Waals surface area contributed by atoms with Crippen LogP contribution in [0.3, 0.4) is 0 Å². The van der Waals surface area contributed by atoms with Crippen molar-refractivity contribution in [2.24, 2.45) is 5.92 Å². The summed E-state index contributed by atoms with van der Waals surface area (Å²) < 4.78 is 14.8. The first-order chi connectivity index (χ1) is 18.6. The van der Waals surface area contributed by atoms with E-state index in [0.29, 0.717) is 72.6 Å². The number of aromatic amines is 1. The Morgan fingerprint density at radius 2 is 2.03 bits per heavy atom. The number of carbonyl (C=O) groups excluding carboxylic acids is 2. The molecule has 196 valence electrons. The van der Waals surface area contributed by atoms with Crippen LogP contribution in [0.25, 0.3) is 22.3 Å². The van der Waals surface area contributed by atoms with Crippen molar-refractivity contribution in [3.63, 3.8) is 0 Å². The van der Waals surface area contributed by atoms with Gasteiger partial charge in [-0.25, -0.2) is 0 Å². The number of hydrogen-bond acceptors (Lipinski definition) is 8. The van der Waals surface area contributed by atoms with Crippen LogP contribution in [0.5, 0.6) is 11.5 Å². The third-order valence-electron chi connectivity index (χ3n) is 7.99. The van der Waals surface area contributed by atoms with Crippen LogP contribution in [0.15, 0.2) is 42.6 Å². The van der Waals surface area contributed by atoms with E-state index in [2.05, 4.69) is 36.7 Å². The maximum Gasteiger partial charge on any atom is 1.00 e. The molecule has 7 rings (SSSR count). The second-order valence-electron chi connectivity index (χ2n) is 10.3. The van der Waals surface area contributed by atoms with Gasteiger partial charge in [0.1, 0.15) is 23.0 Å². The van der Waals surface area contributed by atoms with E-state index in [-0.39, 0.29) is 42.6 Å². The molecule has 2 fully saturated rings. The Bertz CT molecular complexity index is 1560. The van der Waals surface area contributed by atoms with Gasteiger partial charge in [-0.05, 0) is 74.5 Å². The van der Waals surface area contributed by atoms with Gasteiger partial charge in [-0.3, -0.25) is 9.59 Å². The number of tetrazole rings is 1. The number of hydrogen-bond donors (Lipinski definition) is 2. The summed E-state index contributed by atoms with van der Waals surface area (Å²) in [7, 11) is 0. The number of nitrogens with one attached hydrogen (secondary N) is 2. The van der Waals surface area contributed by atoms with Crippen LogP contribution < -0.4 is 44.3 Å². The molecule has 2 N–H and O–H groups in total. The Kier molecular flexibility index (Phi) is 6.83. The predicted octanol–water partition coefficient (Wildman–Crippen LogP) is 0.868. The molecule has 1 atom stereocenters. The van der Waals surface area contributed by atoms with Gasteiger partial charge in [0.25, 0.3) is 0 Å². The molecule has 4 aromatic rings. The fourth-order valence-electron chi connectivity index (χ4n) is 5.99. The van der Waals surface area contributed by atoms with Crippen molar-refractivity contribution < 1.29 is 50.0 Å². The van der Waals surface area contributed by atoms with Gasteiger partial charge in [-0.1, -0.05) is 0 Å². The van der Waals surface area contributed by atoms with Crippen LogP contribution in [0.4, 0.5) is 0 Å². The Balaban J connectivity index is 0.00000161. The number of benzene rings is 2. The summed E-state index contributed by atoms with van der Waals surface area (Å²) in [5, 5.41) is 18.4. The van der Waals surface area contributed by atoms with Gasteiger partial charge in [0.15, 0.2) is 11.6 Å². The van der Waals surface area contributed by atoms with E-state index >= 15 is 0 Å². The molecule has 10 nitrogen and oxygen atoms in total. The number of nitrogens with zero attached hydrogens (tertiary/aromatic N) is 4. The molecule has 1 aliphatic carbocycles. The SMILES string of the molecule is CCOc1cc(C(=O)[C@@H]2C(=O)c3cc(-c4nn[nH]n4)ccc3OC23CCNCC3)cc2c1ccn2C1CC1.[H-].[Na+]. The monoisotopic (exact) mass is 536 g/mol. The molecule has 2 aromatic carbocycles. The predicted molar refractivity (Wildman–Crippen MR) is 140 cm³/mol. The fourth-order valence-corrected chi connectivity index (χ4v) is 5.99. The van der Waals surface area contributed by atoms with E-state index in [9.17, 15) is 9.59 Å². The van der Waals surface area contributed by atoms with E-state index in [1.54, 1.807) is 18.2 Å². The van der Waals surface area contributed by atoms with Gasteiger partial charge in [0.05, 0.1) is 17.7 Å². The second kappa shape index (κ2) is 10.2. The average Bonchev–Trinajstić information content (AvgIpc) is 3.43. The zero-order valence-corrected chi connectivity index (χ0v) is 24.1. The summed E-state index contributed by atoms with van der Waals surface area (Å²) in [4.78, 5) is 28.6. The fraction of sp³-hybridized carbons (Fsp3) is 0.393. The number of rotatable bonds is 6. The van der Waals surface area contributed by atoms with E-state index in [1.165, 1.54) is 0 Å². The first-order valence-corrected chi connectivity index (χ1v) is 13.2. The van der Waals surface area contributed by atoms with Crippen molar-refractivity contribution in [1.29, 1.82) is 0 Å². The maximum absolute atomic E-state index is 14.4. The Morgan fingerprint density at radius 3 is 2.74 bits per heavy atom. The largest absolute Gasteiger partial charge is 1.00 e. The number of carbonyl (C=O) groups is 2. The minimum absolute atomic E-state index is 0. The molecule has 1 saturated carbocycles. The van der Waals surface area contributed by atoms with Gasteiger partial charge in [0, 0.05) is 41.6 Å². The molecule has 0 amide bonds. The van der Waals surface area contributed by atoms with E-state index in [1.807, 2.05) is 25.1 Å². The summed E-state index contributed by atoms with van der Waals surface area (Å²) in [5.41, 5.74) is 1.51. The minimum Gasteiger partial charge on any atom is -1.00 e. The van der Waals surface area contributed by atoms with E-state index in [4.69, 9.17) is 9.47 Å². The van der Waals surface area contributed by atoms with Crippen LogP contribution in [0.1, 0.15) is 60.8 Å². The van der Waals surface area contributed by atoms with Gasteiger partial charge >= 0.3 is 29.6 Å². The number of piperidine rings is 1. The second-order valence-corrected chi connectivity index (χ2v) is 10.3. The summed E-state index contributed by atoms with van der Waals surface area (Å²) >= 11 is 0. The molecule has 2 aromatic heterocycles. The van der Waals surface area contributed by atoms with Gasteiger partial charge in [0.2, 0.25) is 5.82 Å². The molecular formula is C28H29N6NaO4. The molecule has 0 unspecified atom stereocenters. The molecule has 0 radical (unpaired) electrons. The molecular weight excluding hydrogens is 507 g/mol. The molecule has 0 bridgehead atoms. The van der Waals surface area contributed by atoms with Crippen molar-refractivity contribution in [3.05, 3.63) is 53.7 Å². The van der Waals surface area contributed by atoms with Crippen LogP contribution in [0.2, 0.25) is 0 Å². The van der Waals surface area contributed by atoms with Crippen LogP contribution in [-0.2, 0) is 0 Å². The molecule has 39 heavy (non-hydrogen) atoms. The van der Waals surface area contributed by atoms with Crippen molar-refractivity contribution in [1.82, 2.24) is 30.5 Å². The number of fused-ring (bicyclic) bond motifs is 2. The Labute approximate surface area is 248 Å².